The number of carboxylic acid groups (broad SMARTS) is 1. The lowest BCUT2D eigenvalue weighted by Gasteiger charge is -2.12. The van der Waals surface area contributed by atoms with Crippen molar-refractivity contribution in [2.45, 2.75) is 32.2 Å². The molecule has 1 unspecified atom stereocenters. The van der Waals surface area contributed by atoms with Gasteiger partial charge in [-0.1, -0.05) is 29.8 Å². The zero-order valence-electron chi connectivity index (χ0n) is 12.8. The summed E-state index contributed by atoms with van der Waals surface area (Å²) in [6, 6.07) is 7.38. The van der Waals surface area contributed by atoms with Gasteiger partial charge in [0.05, 0.1) is 5.01 Å². The molecular weight excluding hydrogens is 312 g/mol. The molecule has 1 aromatic heterocycles. The van der Waals surface area contributed by atoms with Crippen LogP contribution in [0.1, 0.15) is 39.5 Å². The summed E-state index contributed by atoms with van der Waals surface area (Å²) in [4.78, 5) is 27.7. The first-order chi connectivity index (χ1) is 11.0. The molecule has 2 N–H and O–H groups in total. The first-order valence-corrected chi connectivity index (χ1v) is 8.44. The molecule has 0 spiro atoms. The van der Waals surface area contributed by atoms with Crippen molar-refractivity contribution in [2.75, 3.05) is 0 Å². The summed E-state index contributed by atoms with van der Waals surface area (Å²) in [5, 5.41) is 14.3. The number of amides is 1. The molecule has 1 aliphatic rings. The highest BCUT2D eigenvalue weighted by atomic mass is 32.1. The smallest absolute Gasteiger partial charge is 0.326 e. The molecule has 1 aliphatic carbocycles. The summed E-state index contributed by atoms with van der Waals surface area (Å²) < 4.78 is 0. The minimum atomic E-state index is -0.976. The number of nitrogens with one attached hydrogen (secondary N) is 1. The van der Waals surface area contributed by atoms with Crippen molar-refractivity contribution in [1.29, 1.82) is 0 Å². The maximum atomic E-state index is 12.2. The van der Waals surface area contributed by atoms with Gasteiger partial charge < -0.3 is 10.4 Å². The van der Waals surface area contributed by atoms with Gasteiger partial charge >= 0.3 is 5.97 Å². The summed E-state index contributed by atoms with van der Waals surface area (Å²) in [7, 11) is 0. The van der Waals surface area contributed by atoms with Crippen molar-refractivity contribution >= 4 is 23.2 Å². The van der Waals surface area contributed by atoms with Gasteiger partial charge in [0.15, 0.2) is 0 Å². The average molecular weight is 330 g/mol. The van der Waals surface area contributed by atoms with Gasteiger partial charge in [-0.25, -0.2) is 9.78 Å². The second kappa shape index (κ2) is 6.50. The molecule has 1 amide bonds. The highest BCUT2D eigenvalue weighted by molar-refractivity contribution is 7.09. The van der Waals surface area contributed by atoms with E-state index in [0.717, 1.165) is 23.4 Å². The van der Waals surface area contributed by atoms with Crippen molar-refractivity contribution in [3.8, 4) is 0 Å². The monoisotopic (exact) mass is 330 g/mol. The zero-order valence-corrected chi connectivity index (χ0v) is 13.6. The highest BCUT2D eigenvalue weighted by Crippen LogP contribution is 2.32. The molecule has 1 fully saturated rings. The lowest BCUT2D eigenvalue weighted by atomic mass is 10.1. The normalized spacial score (nSPS) is 15.2. The van der Waals surface area contributed by atoms with Crippen molar-refractivity contribution < 1.29 is 14.7 Å². The van der Waals surface area contributed by atoms with Crippen LogP contribution >= 0.6 is 11.3 Å². The maximum Gasteiger partial charge on any atom is 0.326 e. The number of aromatic nitrogens is 1. The number of carbonyl (C=O) groups is 2. The van der Waals surface area contributed by atoms with E-state index in [0.29, 0.717) is 12.1 Å². The molecule has 1 aromatic carbocycles. The Morgan fingerprint density at radius 2 is 2.04 bits per heavy atom. The Labute approximate surface area is 138 Å². The molecule has 5 nitrogen and oxygen atoms in total. The minimum absolute atomic E-state index is 0.0575. The van der Waals surface area contributed by atoms with Crippen LogP contribution < -0.4 is 5.32 Å². The van der Waals surface area contributed by atoms with Gasteiger partial charge in [0.25, 0.3) is 5.91 Å². The lowest BCUT2D eigenvalue weighted by Crippen LogP contribution is -2.42. The predicted octanol–water partition coefficient (Wildman–Crippen LogP) is 2.64. The predicted molar refractivity (Wildman–Crippen MR) is 87.7 cm³/mol. The second-order valence-corrected chi connectivity index (χ2v) is 6.86. The van der Waals surface area contributed by atoms with Crippen LogP contribution in [0.25, 0.3) is 0 Å². The van der Waals surface area contributed by atoms with Crippen LogP contribution in [0.5, 0.6) is 0 Å². The molecule has 6 heteroatoms. The second-order valence-electron chi connectivity index (χ2n) is 5.92. The molecule has 3 rings (SSSR count). The highest BCUT2D eigenvalue weighted by Gasteiger charge is 2.37. The Morgan fingerprint density at radius 3 is 2.65 bits per heavy atom. The van der Waals surface area contributed by atoms with Gasteiger partial charge in [0.2, 0.25) is 0 Å². The third-order valence-corrected chi connectivity index (χ3v) is 4.76. The van der Waals surface area contributed by atoms with Crippen molar-refractivity contribution in [2.24, 2.45) is 5.92 Å². The summed E-state index contributed by atoms with van der Waals surface area (Å²) >= 11 is 1.42. The quantitative estimate of drug-likeness (QED) is 0.853. The number of rotatable bonds is 6. The van der Waals surface area contributed by atoms with E-state index in [2.05, 4.69) is 10.3 Å². The van der Waals surface area contributed by atoms with E-state index < -0.39 is 17.9 Å². The molecule has 0 saturated heterocycles. The first kappa shape index (κ1) is 15.7. The number of carboxylic acids is 1. The third kappa shape index (κ3) is 3.96. The van der Waals surface area contributed by atoms with E-state index in [1.807, 2.05) is 31.2 Å². The van der Waals surface area contributed by atoms with Crippen molar-refractivity contribution in [3.05, 3.63) is 51.5 Å². The van der Waals surface area contributed by atoms with Gasteiger partial charge in [-0.2, -0.15) is 0 Å². The van der Waals surface area contributed by atoms with Gasteiger partial charge in [-0.05, 0) is 31.2 Å². The third-order valence-electron chi connectivity index (χ3n) is 3.91. The number of nitrogens with zero attached hydrogens (tertiary/aromatic N) is 1. The van der Waals surface area contributed by atoms with E-state index in [4.69, 9.17) is 5.11 Å². The Bertz CT molecular complexity index is 720. The SMILES string of the molecule is Cc1ccc(Cc2nc(C(=O)NC(C(=O)O)C3CC3)cs2)cc1. The standard InChI is InChI=1S/C17H18N2O3S/c1-10-2-4-11(5-3-10)8-14-18-13(9-23-14)16(20)19-15(17(21)22)12-6-7-12/h2-5,9,12,15H,6-8H2,1H3,(H,19,20)(H,21,22). The zero-order chi connectivity index (χ0) is 16.4. The van der Waals surface area contributed by atoms with Gasteiger partial charge in [-0.3, -0.25) is 4.79 Å². The van der Waals surface area contributed by atoms with E-state index >= 15 is 0 Å². The molecule has 23 heavy (non-hydrogen) atoms. The molecule has 1 atom stereocenters. The van der Waals surface area contributed by atoms with E-state index in [1.54, 1.807) is 5.38 Å². The minimum Gasteiger partial charge on any atom is -0.480 e. The summed E-state index contributed by atoms with van der Waals surface area (Å²) in [5.41, 5.74) is 2.63. The van der Waals surface area contributed by atoms with Gasteiger partial charge in [0.1, 0.15) is 11.7 Å². The molecule has 1 heterocycles. The number of carbonyl (C=O) groups excluding carboxylic acids is 1. The fraction of sp³-hybridized carbons (Fsp3) is 0.353. The molecule has 0 aliphatic heterocycles. The molecule has 0 radical (unpaired) electrons. The van der Waals surface area contributed by atoms with Gasteiger partial charge in [-0.15, -0.1) is 11.3 Å². The van der Waals surface area contributed by atoms with E-state index in [1.165, 1.54) is 16.9 Å². The molecular formula is C17H18N2O3S. The topological polar surface area (TPSA) is 79.3 Å². The largest absolute Gasteiger partial charge is 0.480 e. The average Bonchev–Trinajstić information content (AvgIpc) is 3.25. The number of benzene rings is 1. The number of hydrogen-bond donors (Lipinski definition) is 2. The number of hydrogen-bond acceptors (Lipinski definition) is 4. The molecule has 1 saturated carbocycles. The Kier molecular flexibility index (Phi) is 4.43. The number of aliphatic carboxylic acids is 1. The summed E-state index contributed by atoms with van der Waals surface area (Å²) in [5.74, 6) is -1.33. The molecule has 2 aromatic rings. The molecule has 120 valence electrons. The molecule has 0 bridgehead atoms. The Balaban J connectivity index is 1.65. The van der Waals surface area contributed by atoms with Crippen LogP contribution in [0.4, 0.5) is 0 Å². The van der Waals surface area contributed by atoms with Crippen LogP contribution in [-0.4, -0.2) is 28.0 Å². The van der Waals surface area contributed by atoms with Crippen LogP contribution in [0.2, 0.25) is 0 Å². The van der Waals surface area contributed by atoms with Crippen LogP contribution in [-0.2, 0) is 11.2 Å². The summed E-state index contributed by atoms with van der Waals surface area (Å²) in [6.07, 6.45) is 2.38. The van der Waals surface area contributed by atoms with E-state index in [9.17, 15) is 9.59 Å². The number of aryl methyl sites for hydroxylation is 1. The van der Waals surface area contributed by atoms with Crippen LogP contribution in [0.15, 0.2) is 29.6 Å². The first-order valence-electron chi connectivity index (χ1n) is 7.56. The Morgan fingerprint density at radius 1 is 1.35 bits per heavy atom. The lowest BCUT2D eigenvalue weighted by molar-refractivity contribution is -0.139. The van der Waals surface area contributed by atoms with Crippen LogP contribution in [0.3, 0.4) is 0 Å². The summed E-state index contributed by atoms with van der Waals surface area (Å²) in [6.45, 7) is 2.04. The van der Waals surface area contributed by atoms with Crippen molar-refractivity contribution in [1.82, 2.24) is 10.3 Å². The van der Waals surface area contributed by atoms with Gasteiger partial charge in [0, 0.05) is 11.8 Å². The van der Waals surface area contributed by atoms with Crippen LogP contribution in [0, 0.1) is 12.8 Å². The fourth-order valence-electron chi connectivity index (χ4n) is 2.40. The maximum absolute atomic E-state index is 12.2. The van der Waals surface area contributed by atoms with E-state index in [-0.39, 0.29) is 5.92 Å². The Hall–Kier alpha value is -2.21. The van der Waals surface area contributed by atoms with Crippen molar-refractivity contribution in [3.63, 3.8) is 0 Å². The number of thiazole rings is 1. The fourth-order valence-corrected chi connectivity index (χ4v) is 3.21.